The average Bonchev–Trinajstić information content (AvgIpc) is 2.80. The standard InChI is InChI=1S/C25H23F4N3O5/c1-24(2,3)37-17(33)10-30-22(35)18-21(34)14-8-9-15(26)19-20(14)32(23(18)36)11-16(31-19)12-4-6-13(7-5-12)25(27,28)29/h4-9,16,31,34H,10-11H2,1-3H3,(H,30,35). The summed E-state index contributed by atoms with van der Waals surface area (Å²) in [7, 11) is 0. The molecule has 1 amide bonds. The van der Waals surface area contributed by atoms with Crippen LogP contribution in [0.3, 0.4) is 0 Å². The molecule has 2 aromatic carbocycles. The van der Waals surface area contributed by atoms with E-state index in [1.54, 1.807) is 20.8 Å². The molecular weight excluding hydrogens is 498 g/mol. The molecule has 1 aliphatic heterocycles. The van der Waals surface area contributed by atoms with Gasteiger partial charge in [0.1, 0.15) is 29.3 Å². The number of carbonyl (C=O) groups is 2. The Morgan fingerprint density at radius 2 is 1.78 bits per heavy atom. The minimum absolute atomic E-state index is 0.00297. The molecule has 0 bridgehead atoms. The molecule has 0 radical (unpaired) electrons. The Morgan fingerprint density at radius 1 is 1.14 bits per heavy atom. The van der Waals surface area contributed by atoms with Crippen molar-refractivity contribution >= 4 is 28.5 Å². The van der Waals surface area contributed by atoms with Crippen molar-refractivity contribution in [1.82, 2.24) is 9.88 Å². The Balaban J connectivity index is 1.73. The first kappa shape index (κ1) is 26.0. The SMILES string of the molecule is CC(C)(C)OC(=O)CNC(=O)c1c(O)c2ccc(F)c3c2n(c1=O)CC(c1ccc(C(F)(F)F)cc1)N3. The number of hydrogen-bond donors (Lipinski definition) is 3. The van der Waals surface area contributed by atoms with E-state index in [-0.39, 0.29) is 23.1 Å². The first-order valence-electron chi connectivity index (χ1n) is 11.2. The lowest BCUT2D eigenvalue weighted by molar-refractivity contribution is -0.153. The third-order valence-corrected chi connectivity index (χ3v) is 5.71. The summed E-state index contributed by atoms with van der Waals surface area (Å²) < 4.78 is 59.9. The van der Waals surface area contributed by atoms with Gasteiger partial charge < -0.3 is 25.0 Å². The number of amides is 1. The fourth-order valence-electron chi connectivity index (χ4n) is 4.14. The van der Waals surface area contributed by atoms with E-state index in [9.17, 15) is 37.1 Å². The van der Waals surface area contributed by atoms with E-state index in [1.165, 1.54) is 18.2 Å². The van der Waals surface area contributed by atoms with Gasteiger partial charge in [-0.1, -0.05) is 12.1 Å². The predicted molar refractivity (Wildman–Crippen MR) is 126 cm³/mol. The smallest absolute Gasteiger partial charge is 0.416 e. The maximum Gasteiger partial charge on any atom is 0.416 e. The van der Waals surface area contributed by atoms with Gasteiger partial charge in [-0.05, 0) is 50.6 Å². The second kappa shape index (κ2) is 9.09. The molecule has 1 aromatic heterocycles. The van der Waals surface area contributed by atoms with Crippen LogP contribution in [0.4, 0.5) is 23.2 Å². The van der Waals surface area contributed by atoms with Crippen LogP contribution in [0.25, 0.3) is 10.9 Å². The van der Waals surface area contributed by atoms with Gasteiger partial charge in [0.15, 0.2) is 0 Å². The van der Waals surface area contributed by atoms with Crippen molar-refractivity contribution in [3.63, 3.8) is 0 Å². The third kappa shape index (κ3) is 5.09. The number of aromatic nitrogens is 1. The van der Waals surface area contributed by atoms with Crippen LogP contribution < -0.4 is 16.2 Å². The predicted octanol–water partition coefficient (Wildman–Crippen LogP) is 4.10. The van der Waals surface area contributed by atoms with Crippen molar-refractivity contribution in [2.45, 2.75) is 45.1 Å². The number of aromatic hydroxyl groups is 1. The summed E-state index contributed by atoms with van der Waals surface area (Å²) in [5.74, 6) is -3.28. The Kier molecular flexibility index (Phi) is 6.39. The monoisotopic (exact) mass is 521 g/mol. The van der Waals surface area contributed by atoms with E-state index in [4.69, 9.17) is 4.74 Å². The Bertz CT molecular complexity index is 1460. The molecule has 4 rings (SSSR count). The third-order valence-electron chi connectivity index (χ3n) is 5.71. The summed E-state index contributed by atoms with van der Waals surface area (Å²) in [4.78, 5) is 38.1. The normalized spacial score (nSPS) is 15.3. The molecule has 196 valence electrons. The number of carbonyl (C=O) groups excluding carboxylic acids is 2. The molecule has 2 heterocycles. The molecule has 3 N–H and O–H groups in total. The first-order chi connectivity index (χ1) is 17.2. The zero-order valence-electron chi connectivity index (χ0n) is 20.0. The molecule has 0 saturated heterocycles. The Morgan fingerprint density at radius 3 is 2.38 bits per heavy atom. The lowest BCUT2D eigenvalue weighted by atomic mass is 9.99. The molecule has 3 aromatic rings. The average molecular weight is 521 g/mol. The van der Waals surface area contributed by atoms with Gasteiger partial charge in [0.2, 0.25) is 0 Å². The fraction of sp³-hybridized carbons (Fsp3) is 0.320. The molecule has 8 nitrogen and oxygen atoms in total. The van der Waals surface area contributed by atoms with Gasteiger partial charge in [-0.3, -0.25) is 14.4 Å². The van der Waals surface area contributed by atoms with E-state index >= 15 is 0 Å². The molecule has 0 spiro atoms. The van der Waals surface area contributed by atoms with E-state index < -0.39 is 64.5 Å². The lowest BCUT2D eigenvalue weighted by Gasteiger charge is -2.30. The molecule has 0 aliphatic carbocycles. The second-order valence-corrected chi connectivity index (χ2v) is 9.54. The van der Waals surface area contributed by atoms with Gasteiger partial charge in [-0.2, -0.15) is 13.2 Å². The minimum Gasteiger partial charge on any atom is -0.506 e. The maximum absolute atomic E-state index is 14.8. The molecule has 0 saturated carbocycles. The van der Waals surface area contributed by atoms with Crippen LogP contribution in [0.1, 0.15) is 48.3 Å². The number of nitrogens with zero attached hydrogens (tertiary/aromatic N) is 1. The van der Waals surface area contributed by atoms with Crippen LogP contribution in [0.2, 0.25) is 0 Å². The van der Waals surface area contributed by atoms with Crippen molar-refractivity contribution in [3.05, 3.63) is 69.3 Å². The molecule has 0 fully saturated rings. The zero-order valence-corrected chi connectivity index (χ0v) is 20.0. The maximum atomic E-state index is 14.8. The van der Waals surface area contributed by atoms with Crippen molar-refractivity contribution < 1.29 is 37.0 Å². The summed E-state index contributed by atoms with van der Waals surface area (Å²) >= 11 is 0. The number of halogens is 4. The molecule has 1 aliphatic rings. The topological polar surface area (TPSA) is 110 Å². The largest absolute Gasteiger partial charge is 0.506 e. The van der Waals surface area contributed by atoms with Gasteiger partial charge in [0.25, 0.3) is 11.5 Å². The zero-order chi connectivity index (χ0) is 27.3. The number of anilines is 1. The molecule has 1 atom stereocenters. The van der Waals surface area contributed by atoms with Crippen molar-refractivity contribution in [2.24, 2.45) is 0 Å². The summed E-state index contributed by atoms with van der Waals surface area (Å²) in [6, 6.07) is 5.57. The highest BCUT2D eigenvalue weighted by Crippen LogP contribution is 2.39. The molecule has 12 heteroatoms. The Labute approximate surface area is 207 Å². The van der Waals surface area contributed by atoms with E-state index in [1.807, 2.05) is 0 Å². The molecule has 37 heavy (non-hydrogen) atoms. The van der Waals surface area contributed by atoms with Crippen molar-refractivity contribution in [2.75, 3.05) is 11.9 Å². The Hall–Kier alpha value is -4.09. The number of ether oxygens (including phenoxy) is 1. The number of hydrogen-bond acceptors (Lipinski definition) is 6. The molecule has 1 unspecified atom stereocenters. The molecular formula is C25H23F4N3O5. The lowest BCUT2D eigenvalue weighted by Crippen LogP contribution is -2.39. The van der Waals surface area contributed by atoms with Crippen LogP contribution in [0.15, 0.2) is 41.2 Å². The first-order valence-corrected chi connectivity index (χ1v) is 11.2. The highest BCUT2D eigenvalue weighted by molar-refractivity contribution is 6.05. The van der Waals surface area contributed by atoms with Gasteiger partial charge in [-0.25, -0.2) is 4.39 Å². The van der Waals surface area contributed by atoms with Crippen LogP contribution in [0.5, 0.6) is 5.75 Å². The van der Waals surface area contributed by atoms with Crippen LogP contribution >= 0.6 is 0 Å². The van der Waals surface area contributed by atoms with Crippen LogP contribution in [-0.2, 0) is 22.3 Å². The van der Waals surface area contributed by atoms with Gasteiger partial charge in [0.05, 0.1) is 29.4 Å². The number of alkyl halides is 3. The summed E-state index contributed by atoms with van der Waals surface area (Å²) in [6.07, 6.45) is -4.54. The number of nitrogens with one attached hydrogen (secondary N) is 2. The van der Waals surface area contributed by atoms with Crippen molar-refractivity contribution in [3.8, 4) is 5.75 Å². The van der Waals surface area contributed by atoms with E-state index in [0.717, 1.165) is 22.8 Å². The van der Waals surface area contributed by atoms with Gasteiger partial charge in [-0.15, -0.1) is 0 Å². The minimum atomic E-state index is -4.54. The van der Waals surface area contributed by atoms with Gasteiger partial charge in [0, 0.05) is 5.39 Å². The van der Waals surface area contributed by atoms with Crippen LogP contribution in [0, 0.1) is 5.82 Å². The van der Waals surface area contributed by atoms with E-state index in [2.05, 4.69) is 10.6 Å². The second-order valence-electron chi connectivity index (χ2n) is 9.54. The summed E-state index contributed by atoms with van der Waals surface area (Å²) in [5.41, 5.74) is -3.12. The van der Waals surface area contributed by atoms with Gasteiger partial charge >= 0.3 is 12.1 Å². The highest BCUT2D eigenvalue weighted by atomic mass is 19.4. The number of benzene rings is 2. The highest BCUT2D eigenvalue weighted by Gasteiger charge is 2.33. The number of pyridine rings is 1. The quantitative estimate of drug-likeness (QED) is 0.352. The number of esters is 1. The summed E-state index contributed by atoms with van der Waals surface area (Å²) in [5, 5.41) is 15.9. The fourth-order valence-corrected chi connectivity index (χ4v) is 4.14. The number of rotatable bonds is 4. The summed E-state index contributed by atoms with van der Waals surface area (Å²) in [6.45, 7) is 4.16. The van der Waals surface area contributed by atoms with E-state index in [0.29, 0.717) is 5.56 Å². The van der Waals surface area contributed by atoms with Crippen LogP contribution in [-0.4, -0.2) is 33.7 Å². The van der Waals surface area contributed by atoms with Crippen molar-refractivity contribution in [1.29, 1.82) is 0 Å².